The van der Waals surface area contributed by atoms with E-state index in [2.05, 4.69) is 58.5 Å². The highest BCUT2D eigenvalue weighted by Crippen LogP contribution is 2.29. The van der Waals surface area contributed by atoms with Crippen LogP contribution in [-0.2, 0) is 13.0 Å². The number of ether oxygens (including phenoxy) is 2. The minimum Gasteiger partial charge on any atom is -0.496 e. The van der Waals surface area contributed by atoms with Crippen molar-refractivity contribution in [3.8, 4) is 11.5 Å². The van der Waals surface area contributed by atoms with Crippen LogP contribution in [0, 0.1) is 27.7 Å². The lowest BCUT2D eigenvalue weighted by atomic mass is 10.0. The van der Waals surface area contributed by atoms with Crippen molar-refractivity contribution in [2.45, 2.75) is 40.7 Å². The Kier molecular flexibility index (Phi) is 5.49. The smallest absolute Gasteiger partial charge is 0.126 e. The summed E-state index contributed by atoms with van der Waals surface area (Å²) in [5, 5.41) is 0. The van der Waals surface area contributed by atoms with Crippen LogP contribution in [-0.4, -0.2) is 7.11 Å². The Morgan fingerprint density at radius 2 is 1.52 bits per heavy atom. The predicted molar refractivity (Wildman–Crippen MR) is 96.6 cm³/mol. The standard InChI is InChI=1S/C21H26O2/c1-7-8-19-10-14(2)9-15(3)21(19)23-13-18-11-16(4)20(22-6)17(5)12-18/h7,9-12H,1,8,13H2,2-6H3. The summed E-state index contributed by atoms with van der Waals surface area (Å²) in [5.74, 6) is 1.93. The largest absolute Gasteiger partial charge is 0.496 e. The zero-order valence-electron chi connectivity index (χ0n) is 14.8. The molecule has 0 aliphatic carbocycles. The first kappa shape index (κ1) is 17.1. The molecule has 2 rings (SSSR count). The molecule has 0 heterocycles. The topological polar surface area (TPSA) is 18.5 Å². The lowest BCUT2D eigenvalue weighted by Gasteiger charge is -2.16. The molecule has 0 N–H and O–H groups in total. The van der Waals surface area contributed by atoms with Crippen molar-refractivity contribution in [3.63, 3.8) is 0 Å². The zero-order valence-corrected chi connectivity index (χ0v) is 14.8. The summed E-state index contributed by atoms with van der Waals surface area (Å²) in [6.45, 7) is 12.7. The van der Waals surface area contributed by atoms with Gasteiger partial charge in [0.15, 0.2) is 0 Å². The van der Waals surface area contributed by atoms with Crippen LogP contribution in [0.4, 0.5) is 0 Å². The quantitative estimate of drug-likeness (QED) is 0.680. The molecule has 0 saturated carbocycles. The molecule has 0 unspecified atom stereocenters. The van der Waals surface area contributed by atoms with Gasteiger partial charge in [-0.05, 0) is 74.1 Å². The number of methoxy groups -OCH3 is 1. The van der Waals surface area contributed by atoms with Crippen molar-refractivity contribution in [3.05, 3.63) is 70.3 Å². The number of hydrogen-bond donors (Lipinski definition) is 0. The van der Waals surface area contributed by atoms with E-state index in [0.717, 1.165) is 34.6 Å². The van der Waals surface area contributed by atoms with E-state index in [0.29, 0.717) is 6.61 Å². The highest BCUT2D eigenvalue weighted by Gasteiger charge is 2.10. The van der Waals surface area contributed by atoms with Crippen molar-refractivity contribution >= 4 is 0 Å². The number of hydrogen-bond acceptors (Lipinski definition) is 2. The van der Waals surface area contributed by atoms with Crippen LogP contribution in [0.3, 0.4) is 0 Å². The van der Waals surface area contributed by atoms with Crippen molar-refractivity contribution in [2.75, 3.05) is 7.11 Å². The Balaban J connectivity index is 2.26. The van der Waals surface area contributed by atoms with Gasteiger partial charge < -0.3 is 9.47 Å². The van der Waals surface area contributed by atoms with Crippen LogP contribution in [0.1, 0.15) is 33.4 Å². The van der Waals surface area contributed by atoms with Gasteiger partial charge in [0.1, 0.15) is 18.1 Å². The number of aryl methyl sites for hydroxylation is 4. The number of benzene rings is 2. The molecule has 0 fully saturated rings. The van der Waals surface area contributed by atoms with Gasteiger partial charge in [0.2, 0.25) is 0 Å². The first-order chi connectivity index (χ1) is 11.0. The van der Waals surface area contributed by atoms with Gasteiger partial charge in [0, 0.05) is 0 Å². The summed E-state index contributed by atoms with van der Waals surface area (Å²) >= 11 is 0. The molecule has 0 aliphatic heterocycles. The molecule has 0 aromatic heterocycles. The van der Waals surface area contributed by atoms with E-state index in [1.54, 1.807) is 7.11 Å². The molecule has 0 bridgehead atoms. The SMILES string of the molecule is C=CCc1cc(C)cc(C)c1OCc1cc(C)c(OC)c(C)c1. The van der Waals surface area contributed by atoms with Crippen LogP contribution in [0.25, 0.3) is 0 Å². The van der Waals surface area contributed by atoms with Crippen molar-refractivity contribution in [1.29, 1.82) is 0 Å². The summed E-state index contributed by atoms with van der Waals surface area (Å²) < 4.78 is 11.6. The molecule has 0 radical (unpaired) electrons. The molecule has 2 nitrogen and oxygen atoms in total. The summed E-state index contributed by atoms with van der Waals surface area (Å²) in [4.78, 5) is 0. The molecule has 2 aromatic rings. The summed E-state index contributed by atoms with van der Waals surface area (Å²) in [6, 6.07) is 8.59. The van der Waals surface area contributed by atoms with Crippen LogP contribution in [0.15, 0.2) is 36.9 Å². The maximum atomic E-state index is 6.16. The van der Waals surface area contributed by atoms with E-state index in [1.165, 1.54) is 16.7 Å². The summed E-state index contributed by atoms with van der Waals surface area (Å²) in [6.07, 6.45) is 2.74. The third-order valence-corrected chi connectivity index (χ3v) is 3.97. The molecule has 0 spiro atoms. The van der Waals surface area contributed by atoms with Crippen molar-refractivity contribution in [2.24, 2.45) is 0 Å². The van der Waals surface area contributed by atoms with E-state index in [1.807, 2.05) is 6.08 Å². The molecule has 0 atom stereocenters. The molecule has 0 aliphatic rings. The second-order valence-electron chi connectivity index (χ2n) is 6.11. The molecular weight excluding hydrogens is 284 g/mol. The van der Waals surface area contributed by atoms with E-state index in [-0.39, 0.29) is 0 Å². The van der Waals surface area contributed by atoms with Gasteiger partial charge in [-0.25, -0.2) is 0 Å². The molecule has 0 amide bonds. The molecule has 23 heavy (non-hydrogen) atoms. The van der Waals surface area contributed by atoms with Gasteiger partial charge in [0.05, 0.1) is 7.11 Å². The molecule has 122 valence electrons. The molecular formula is C21H26O2. The first-order valence-electron chi connectivity index (χ1n) is 7.94. The van der Waals surface area contributed by atoms with Gasteiger partial charge in [-0.1, -0.05) is 23.8 Å². The van der Waals surface area contributed by atoms with Gasteiger partial charge in [0.25, 0.3) is 0 Å². The van der Waals surface area contributed by atoms with Crippen LogP contribution in [0.2, 0.25) is 0 Å². The average Bonchev–Trinajstić information content (AvgIpc) is 2.46. The Bertz CT molecular complexity index is 691. The third kappa shape index (κ3) is 3.95. The summed E-state index contributed by atoms with van der Waals surface area (Å²) in [5.41, 5.74) is 7.05. The van der Waals surface area contributed by atoms with Crippen molar-refractivity contribution < 1.29 is 9.47 Å². The summed E-state index contributed by atoms with van der Waals surface area (Å²) in [7, 11) is 1.71. The normalized spacial score (nSPS) is 10.5. The minimum absolute atomic E-state index is 0.555. The highest BCUT2D eigenvalue weighted by molar-refractivity contribution is 5.46. The lowest BCUT2D eigenvalue weighted by molar-refractivity contribution is 0.301. The van der Waals surface area contributed by atoms with E-state index < -0.39 is 0 Å². The predicted octanol–water partition coefficient (Wildman–Crippen LogP) is 5.24. The number of allylic oxidation sites excluding steroid dienone is 1. The average molecular weight is 310 g/mol. The molecule has 0 saturated heterocycles. The Morgan fingerprint density at radius 3 is 2.09 bits per heavy atom. The minimum atomic E-state index is 0.555. The highest BCUT2D eigenvalue weighted by atomic mass is 16.5. The Morgan fingerprint density at radius 1 is 0.913 bits per heavy atom. The second-order valence-corrected chi connectivity index (χ2v) is 6.11. The Hall–Kier alpha value is -2.22. The monoisotopic (exact) mass is 310 g/mol. The first-order valence-corrected chi connectivity index (χ1v) is 7.94. The fraction of sp³-hybridized carbons (Fsp3) is 0.333. The zero-order chi connectivity index (χ0) is 17.0. The Labute approximate surface area is 139 Å². The lowest BCUT2D eigenvalue weighted by Crippen LogP contribution is -2.02. The van der Waals surface area contributed by atoms with Crippen molar-refractivity contribution in [1.82, 2.24) is 0 Å². The van der Waals surface area contributed by atoms with Crippen LogP contribution >= 0.6 is 0 Å². The van der Waals surface area contributed by atoms with Gasteiger partial charge in [-0.3, -0.25) is 0 Å². The van der Waals surface area contributed by atoms with Gasteiger partial charge in [-0.15, -0.1) is 6.58 Å². The maximum Gasteiger partial charge on any atom is 0.126 e. The van der Waals surface area contributed by atoms with Gasteiger partial charge in [-0.2, -0.15) is 0 Å². The van der Waals surface area contributed by atoms with Gasteiger partial charge >= 0.3 is 0 Å². The maximum absolute atomic E-state index is 6.16. The number of rotatable bonds is 6. The fourth-order valence-electron chi connectivity index (χ4n) is 3.16. The van der Waals surface area contributed by atoms with Crippen LogP contribution in [0.5, 0.6) is 11.5 Å². The second kappa shape index (κ2) is 7.36. The van der Waals surface area contributed by atoms with E-state index in [4.69, 9.17) is 9.47 Å². The van der Waals surface area contributed by atoms with E-state index in [9.17, 15) is 0 Å². The third-order valence-electron chi connectivity index (χ3n) is 3.97. The molecule has 2 aromatic carbocycles. The fourth-order valence-corrected chi connectivity index (χ4v) is 3.16. The van der Waals surface area contributed by atoms with E-state index >= 15 is 0 Å². The van der Waals surface area contributed by atoms with Crippen LogP contribution < -0.4 is 9.47 Å². The molecule has 2 heteroatoms.